The highest BCUT2D eigenvalue weighted by Gasteiger charge is 2.14. The molecule has 1 fully saturated rings. The van der Waals surface area contributed by atoms with Gasteiger partial charge in [-0.05, 0) is 63.4 Å². The standard InChI is InChI=1S/C18H28N2O2/c1-15-8-12-20(13-9-15)11-5-10-19-18(21)14-22-17-7-4-3-6-16(17)2/h3-4,6-7,15H,5,8-14H2,1-2H3,(H,19,21). The van der Waals surface area contributed by atoms with Crippen LogP contribution in [0.1, 0.15) is 31.7 Å². The third-order valence-electron chi connectivity index (χ3n) is 4.30. The number of benzene rings is 1. The summed E-state index contributed by atoms with van der Waals surface area (Å²) >= 11 is 0. The van der Waals surface area contributed by atoms with E-state index in [1.54, 1.807) is 0 Å². The SMILES string of the molecule is Cc1ccccc1OCC(=O)NCCCN1CCC(C)CC1. The summed E-state index contributed by atoms with van der Waals surface area (Å²) in [7, 11) is 0. The number of rotatable bonds is 7. The molecule has 1 amide bonds. The third kappa shape index (κ3) is 5.68. The van der Waals surface area contributed by atoms with Gasteiger partial charge in [-0.25, -0.2) is 0 Å². The van der Waals surface area contributed by atoms with Crippen LogP contribution in [0.5, 0.6) is 5.75 Å². The summed E-state index contributed by atoms with van der Waals surface area (Å²) < 4.78 is 5.53. The molecule has 0 aromatic heterocycles. The monoisotopic (exact) mass is 304 g/mol. The Hall–Kier alpha value is -1.55. The molecule has 0 atom stereocenters. The second kappa shape index (κ2) is 8.79. The Morgan fingerprint density at radius 1 is 1.32 bits per heavy atom. The molecule has 2 rings (SSSR count). The molecule has 0 saturated carbocycles. The van der Waals surface area contributed by atoms with Crippen molar-refractivity contribution in [3.63, 3.8) is 0 Å². The quantitative estimate of drug-likeness (QED) is 0.787. The van der Waals surface area contributed by atoms with E-state index in [1.165, 1.54) is 25.9 Å². The number of ether oxygens (including phenoxy) is 1. The topological polar surface area (TPSA) is 41.6 Å². The first-order valence-electron chi connectivity index (χ1n) is 8.32. The Morgan fingerprint density at radius 3 is 2.77 bits per heavy atom. The minimum atomic E-state index is -0.0458. The van der Waals surface area contributed by atoms with Crippen molar-refractivity contribution in [3.8, 4) is 5.75 Å². The number of carbonyl (C=O) groups excluding carboxylic acids is 1. The molecule has 1 aliphatic rings. The molecule has 0 aliphatic carbocycles. The minimum absolute atomic E-state index is 0.0458. The predicted octanol–water partition coefficient (Wildman–Crippen LogP) is 2.61. The van der Waals surface area contributed by atoms with Crippen LogP contribution < -0.4 is 10.1 Å². The fraction of sp³-hybridized carbons (Fsp3) is 0.611. The number of para-hydroxylation sites is 1. The van der Waals surface area contributed by atoms with Gasteiger partial charge in [0, 0.05) is 6.54 Å². The summed E-state index contributed by atoms with van der Waals surface area (Å²) in [5.74, 6) is 1.60. The van der Waals surface area contributed by atoms with Gasteiger partial charge in [0.2, 0.25) is 0 Å². The van der Waals surface area contributed by atoms with E-state index in [0.29, 0.717) is 0 Å². The number of amides is 1. The summed E-state index contributed by atoms with van der Waals surface area (Å²) in [6.45, 7) is 8.59. The van der Waals surface area contributed by atoms with Crippen LogP contribution in [0.25, 0.3) is 0 Å². The third-order valence-corrected chi connectivity index (χ3v) is 4.30. The summed E-state index contributed by atoms with van der Waals surface area (Å²) in [6.07, 6.45) is 3.61. The number of piperidine rings is 1. The van der Waals surface area contributed by atoms with Gasteiger partial charge in [-0.15, -0.1) is 0 Å². The van der Waals surface area contributed by atoms with Gasteiger partial charge in [0.05, 0.1) is 0 Å². The van der Waals surface area contributed by atoms with E-state index in [2.05, 4.69) is 17.1 Å². The van der Waals surface area contributed by atoms with Crippen molar-refractivity contribution in [3.05, 3.63) is 29.8 Å². The lowest BCUT2D eigenvalue weighted by molar-refractivity contribution is -0.123. The highest BCUT2D eigenvalue weighted by molar-refractivity contribution is 5.77. The number of hydrogen-bond donors (Lipinski definition) is 1. The Balaban J connectivity index is 1.55. The van der Waals surface area contributed by atoms with E-state index < -0.39 is 0 Å². The first-order valence-corrected chi connectivity index (χ1v) is 8.32. The maximum absolute atomic E-state index is 11.8. The van der Waals surface area contributed by atoms with E-state index in [-0.39, 0.29) is 12.5 Å². The summed E-state index contributed by atoms with van der Waals surface area (Å²) in [6, 6.07) is 7.75. The van der Waals surface area contributed by atoms with Crippen LogP contribution in [0.2, 0.25) is 0 Å². The molecule has 0 radical (unpaired) electrons. The highest BCUT2D eigenvalue weighted by Crippen LogP contribution is 2.16. The van der Waals surface area contributed by atoms with Gasteiger partial charge in [-0.1, -0.05) is 25.1 Å². The first kappa shape index (κ1) is 16.8. The van der Waals surface area contributed by atoms with E-state index >= 15 is 0 Å². The molecule has 1 aromatic rings. The van der Waals surface area contributed by atoms with Crippen molar-refractivity contribution in [1.82, 2.24) is 10.2 Å². The normalized spacial score (nSPS) is 16.5. The molecular formula is C18H28N2O2. The van der Waals surface area contributed by atoms with Crippen molar-refractivity contribution >= 4 is 5.91 Å². The summed E-state index contributed by atoms with van der Waals surface area (Å²) in [5.41, 5.74) is 1.05. The lowest BCUT2D eigenvalue weighted by atomic mass is 9.99. The van der Waals surface area contributed by atoms with E-state index in [1.807, 2.05) is 31.2 Å². The number of nitrogens with one attached hydrogen (secondary N) is 1. The van der Waals surface area contributed by atoms with Crippen LogP contribution in [0.4, 0.5) is 0 Å². The molecule has 22 heavy (non-hydrogen) atoms. The molecule has 0 spiro atoms. The lowest BCUT2D eigenvalue weighted by Crippen LogP contribution is -2.36. The van der Waals surface area contributed by atoms with Gasteiger partial charge in [0.1, 0.15) is 5.75 Å². The maximum Gasteiger partial charge on any atom is 0.257 e. The Kier molecular flexibility index (Phi) is 6.72. The molecule has 1 aliphatic heterocycles. The fourth-order valence-corrected chi connectivity index (χ4v) is 2.73. The molecule has 4 heteroatoms. The summed E-state index contributed by atoms with van der Waals surface area (Å²) in [5, 5.41) is 2.93. The predicted molar refractivity (Wildman–Crippen MR) is 89.1 cm³/mol. The average molecular weight is 304 g/mol. The summed E-state index contributed by atoms with van der Waals surface area (Å²) in [4.78, 5) is 14.3. The molecular weight excluding hydrogens is 276 g/mol. The largest absolute Gasteiger partial charge is 0.484 e. The smallest absolute Gasteiger partial charge is 0.257 e. The van der Waals surface area contributed by atoms with Crippen LogP contribution in [-0.2, 0) is 4.79 Å². The Labute approximate surface area is 133 Å². The molecule has 1 heterocycles. The maximum atomic E-state index is 11.8. The molecule has 1 saturated heterocycles. The Morgan fingerprint density at radius 2 is 2.05 bits per heavy atom. The van der Waals surface area contributed by atoms with Gasteiger partial charge in [-0.2, -0.15) is 0 Å². The van der Waals surface area contributed by atoms with Crippen LogP contribution in [0.3, 0.4) is 0 Å². The molecule has 0 bridgehead atoms. The van der Waals surface area contributed by atoms with Gasteiger partial charge in [-0.3, -0.25) is 4.79 Å². The molecule has 4 nitrogen and oxygen atoms in total. The molecule has 1 aromatic carbocycles. The van der Waals surface area contributed by atoms with Crippen LogP contribution in [-0.4, -0.2) is 43.6 Å². The van der Waals surface area contributed by atoms with E-state index in [0.717, 1.165) is 36.7 Å². The molecule has 1 N–H and O–H groups in total. The van der Waals surface area contributed by atoms with E-state index in [9.17, 15) is 4.79 Å². The van der Waals surface area contributed by atoms with Crippen LogP contribution in [0, 0.1) is 12.8 Å². The van der Waals surface area contributed by atoms with E-state index in [4.69, 9.17) is 4.74 Å². The fourth-order valence-electron chi connectivity index (χ4n) is 2.73. The van der Waals surface area contributed by atoms with Crippen LogP contribution >= 0.6 is 0 Å². The highest BCUT2D eigenvalue weighted by atomic mass is 16.5. The molecule has 0 unspecified atom stereocenters. The average Bonchev–Trinajstić information content (AvgIpc) is 2.52. The number of aryl methyl sites for hydroxylation is 1. The second-order valence-electron chi connectivity index (χ2n) is 6.28. The van der Waals surface area contributed by atoms with Crippen molar-refractivity contribution in [2.75, 3.05) is 32.8 Å². The van der Waals surface area contributed by atoms with Crippen LogP contribution in [0.15, 0.2) is 24.3 Å². The first-order chi connectivity index (χ1) is 10.6. The van der Waals surface area contributed by atoms with Crippen molar-refractivity contribution < 1.29 is 9.53 Å². The zero-order valence-electron chi connectivity index (χ0n) is 13.8. The van der Waals surface area contributed by atoms with Gasteiger partial charge >= 0.3 is 0 Å². The van der Waals surface area contributed by atoms with Gasteiger partial charge < -0.3 is 15.0 Å². The molecule has 122 valence electrons. The Bertz CT molecular complexity index is 468. The van der Waals surface area contributed by atoms with Gasteiger partial charge in [0.15, 0.2) is 6.61 Å². The second-order valence-corrected chi connectivity index (χ2v) is 6.28. The van der Waals surface area contributed by atoms with Crippen molar-refractivity contribution in [1.29, 1.82) is 0 Å². The minimum Gasteiger partial charge on any atom is -0.484 e. The number of carbonyl (C=O) groups is 1. The van der Waals surface area contributed by atoms with Crippen molar-refractivity contribution in [2.45, 2.75) is 33.1 Å². The van der Waals surface area contributed by atoms with Crippen molar-refractivity contribution in [2.24, 2.45) is 5.92 Å². The van der Waals surface area contributed by atoms with Gasteiger partial charge in [0.25, 0.3) is 5.91 Å². The zero-order valence-corrected chi connectivity index (χ0v) is 13.8. The number of nitrogens with zero attached hydrogens (tertiary/aromatic N) is 1. The lowest BCUT2D eigenvalue weighted by Gasteiger charge is -2.30. The number of hydrogen-bond acceptors (Lipinski definition) is 3. The zero-order chi connectivity index (χ0) is 15.8. The number of likely N-dealkylation sites (tertiary alicyclic amines) is 1.